The molecule has 0 bridgehead atoms. The Balaban J connectivity index is 2.13. The lowest BCUT2D eigenvalue weighted by Gasteiger charge is -2.18. The van der Waals surface area contributed by atoms with Crippen LogP contribution in [0.4, 0.5) is 5.82 Å². The topological polar surface area (TPSA) is 38.2 Å². The largest absolute Gasteiger partial charge is 0.497 e. The maximum atomic E-state index is 5.94. The van der Waals surface area contributed by atoms with Crippen molar-refractivity contribution in [2.45, 2.75) is 13.5 Å². The molecule has 100 valence electrons. The van der Waals surface area contributed by atoms with Crippen molar-refractivity contribution >= 4 is 17.4 Å². The highest BCUT2D eigenvalue weighted by molar-refractivity contribution is 6.29. The van der Waals surface area contributed by atoms with Gasteiger partial charge < -0.3 is 9.64 Å². The summed E-state index contributed by atoms with van der Waals surface area (Å²) in [6.07, 6.45) is 0. The molecule has 2 aromatic rings. The van der Waals surface area contributed by atoms with E-state index in [2.05, 4.69) is 9.97 Å². The molecule has 1 heterocycles. The van der Waals surface area contributed by atoms with E-state index in [9.17, 15) is 0 Å². The van der Waals surface area contributed by atoms with Crippen molar-refractivity contribution in [2.75, 3.05) is 19.1 Å². The van der Waals surface area contributed by atoms with Crippen molar-refractivity contribution in [3.8, 4) is 5.75 Å². The standard InChI is InChI=1S/C14H16ClN3O/c1-10-16-13(15)8-14(17-10)18(2)9-11-4-6-12(19-3)7-5-11/h4-8H,9H2,1-3H3. The minimum absolute atomic E-state index is 0.462. The molecule has 0 saturated heterocycles. The zero-order valence-corrected chi connectivity index (χ0v) is 12.0. The molecule has 0 fully saturated rings. The van der Waals surface area contributed by atoms with Gasteiger partial charge in [-0.25, -0.2) is 9.97 Å². The number of methoxy groups -OCH3 is 1. The number of aryl methyl sites for hydroxylation is 1. The summed E-state index contributed by atoms with van der Waals surface area (Å²) in [5.74, 6) is 2.34. The number of hydrogen-bond acceptors (Lipinski definition) is 4. The van der Waals surface area contributed by atoms with Gasteiger partial charge in [0.25, 0.3) is 0 Å². The summed E-state index contributed by atoms with van der Waals surface area (Å²) < 4.78 is 5.14. The average molecular weight is 278 g/mol. The van der Waals surface area contributed by atoms with Gasteiger partial charge >= 0.3 is 0 Å². The Morgan fingerprint density at radius 1 is 1.21 bits per heavy atom. The third kappa shape index (κ3) is 3.58. The van der Waals surface area contributed by atoms with E-state index in [4.69, 9.17) is 16.3 Å². The minimum atomic E-state index is 0.462. The maximum absolute atomic E-state index is 5.94. The number of nitrogens with zero attached hydrogens (tertiary/aromatic N) is 3. The normalized spacial score (nSPS) is 10.3. The van der Waals surface area contributed by atoms with E-state index < -0.39 is 0 Å². The molecule has 0 N–H and O–H groups in total. The number of hydrogen-bond donors (Lipinski definition) is 0. The molecular weight excluding hydrogens is 262 g/mol. The number of benzene rings is 1. The first-order valence-electron chi connectivity index (χ1n) is 5.94. The SMILES string of the molecule is COc1ccc(CN(C)c2cc(Cl)nc(C)n2)cc1. The third-order valence-corrected chi connectivity index (χ3v) is 2.96. The van der Waals surface area contributed by atoms with Crippen LogP contribution in [0, 0.1) is 6.92 Å². The number of ether oxygens (including phenoxy) is 1. The molecular formula is C14H16ClN3O. The van der Waals surface area contributed by atoms with Gasteiger partial charge in [-0.15, -0.1) is 0 Å². The van der Waals surface area contributed by atoms with Crippen molar-refractivity contribution in [3.05, 3.63) is 46.9 Å². The summed E-state index contributed by atoms with van der Waals surface area (Å²) in [7, 11) is 3.63. The first-order valence-corrected chi connectivity index (χ1v) is 6.31. The summed E-state index contributed by atoms with van der Waals surface area (Å²) >= 11 is 5.94. The Labute approximate surface area is 118 Å². The molecule has 0 radical (unpaired) electrons. The molecule has 0 unspecified atom stereocenters. The van der Waals surface area contributed by atoms with Crippen LogP contribution in [0.5, 0.6) is 5.75 Å². The number of aromatic nitrogens is 2. The van der Waals surface area contributed by atoms with E-state index >= 15 is 0 Å². The van der Waals surface area contributed by atoms with Crippen LogP contribution in [0.15, 0.2) is 30.3 Å². The zero-order valence-electron chi connectivity index (χ0n) is 11.2. The summed E-state index contributed by atoms with van der Waals surface area (Å²) in [5.41, 5.74) is 1.18. The van der Waals surface area contributed by atoms with Crippen molar-refractivity contribution in [1.29, 1.82) is 0 Å². The van der Waals surface area contributed by atoms with Gasteiger partial charge in [-0.1, -0.05) is 23.7 Å². The molecule has 0 saturated carbocycles. The van der Waals surface area contributed by atoms with Crippen molar-refractivity contribution in [1.82, 2.24) is 9.97 Å². The Morgan fingerprint density at radius 2 is 1.89 bits per heavy atom. The van der Waals surface area contributed by atoms with E-state index in [1.807, 2.05) is 43.1 Å². The molecule has 19 heavy (non-hydrogen) atoms. The Kier molecular flexibility index (Phi) is 4.22. The Bertz CT molecular complexity index is 537. The second-order valence-electron chi connectivity index (χ2n) is 4.30. The molecule has 0 atom stereocenters. The lowest BCUT2D eigenvalue weighted by Crippen LogP contribution is -2.18. The van der Waals surface area contributed by atoms with Crippen molar-refractivity contribution < 1.29 is 4.74 Å². The second kappa shape index (κ2) is 5.89. The molecule has 1 aromatic heterocycles. The van der Waals surface area contributed by atoms with Gasteiger partial charge in [0, 0.05) is 19.7 Å². The molecule has 1 aromatic carbocycles. The van der Waals surface area contributed by atoms with Gasteiger partial charge in [-0.3, -0.25) is 0 Å². The van der Waals surface area contributed by atoms with Gasteiger partial charge in [-0.05, 0) is 24.6 Å². The van der Waals surface area contributed by atoms with Crippen molar-refractivity contribution in [2.24, 2.45) is 0 Å². The quantitative estimate of drug-likeness (QED) is 0.805. The molecule has 2 rings (SSSR count). The number of anilines is 1. The molecule has 0 aliphatic rings. The summed E-state index contributed by atoms with van der Waals surface area (Å²) in [4.78, 5) is 10.5. The van der Waals surface area contributed by atoms with Crippen LogP contribution >= 0.6 is 11.6 Å². The summed E-state index contributed by atoms with van der Waals surface area (Å²) in [6, 6.07) is 9.72. The highest BCUT2D eigenvalue weighted by Gasteiger charge is 2.06. The smallest absolute Gasteiger partial charge is 0.134 e. The van der Waals surface area contributed by atoms with Crippen LogP contribution < -0.4 is 9.64 Å². The first kappa shape index (κ1) is 13.6. The number of rotatable bonds is 4. The lowest BCUT2D eigenvalue weighted by atomic mass is 10.2. The fraction of sp³-hybridized carbons (Fsp3) is 0.286. The fourth-order valence-electron chi connectivity index (χ4n) is 1.80. The predicted molar refractivity (Wildman–Crippen MR) is 76.9 cm³/mol. The van der Waals surface area contributed by atoms with Crippen LogP contribution in [0.25, 0.3) is 0 Å². The van der Waals surface area contributed by atoms with Gasteiger partial charge in [0.15, 0.2) is 0 Å². The second-order valence-corrected chi connectivity index (χ2v) is 4.69. The molecule has 0 amide bonds. The Morgan fingerprint density at radius 3 is 2.47 bits per heavy atom. The van der Waals surface area contributed by atoms with Crippen LogP contribution in [-0.4, -0.2) is 24.1 Å². The van der Waals surface area contributed by atoms with Gasteiger partial charge in [0.2, 0.25) is 0 Å². The minimum Gasteiger partial charge on any atom is -0.497 e. The van der Waals surface area contributed by atoms with E-state index in [0.717, 1.165) is 18.1 Å². The number of halogens is 1. The van der Waals surface area contributed by atoms with E-state index in [0.29, 0.717) is 11.0 Å². The highest BCUT2D eigenvalue weighted by atomic mass is 35.5. The third-order valence-electron chi connectivity index (χ3n) is 2.76. The van der Waals surface area contributed by atoms with Crippen LogP contribution in [0.3, 0.4) is 0 Å². The summed E-state index contributed by atoms with van der Waals surface area (Å²) in [5, 5.41) is 0.462. The maximum Gasteiger partial charge on any atom is 0.134 e. The highest BCUT2D eigenvalue weighted by Crippen LogP contribution is 2.18. The van der Waals surface area contributed by atoms with Crippen molar-refractivity contribution in [3.63, 3.8) is 0 Å². The first-order chi connectivity index (χ1) is 9.08. The van der Waals surface area contributed by atoms with Crippen LogP contribution in [0.2, 0.25) is 5.15 Å². The molecule has 0 aliphatic carbocycles. The van der Waals surface area contributed by atoms with E-state index in [1.165, 1.54) is 5.56 Å². The van der Waals surface area contributed by atoms with Crippen LogP contribution in [-0.2, 0) is 6.54 Å². The Hall–Kier alpha value is -1.81. The molecule has 4 nitrogen and oxygen atoms in total. The predicted octanol–water partition coefficient (Wildman–Crippen LogP) is 3.08. The fourth-order valence-corrected chi connectivity index (χ4v) is 2.02. The molecule has 0 aliphatic heterocycles. The van der Waals surface area contributed by atoms with Crippen LogP contribution in [0.1, 0.15) is 11.4 Å². The van der Waals surface area contributed by atoms with E-state index in [1.54, 1.807) is 13.2 Å². The van der Waals surface area contributed by atoms with Gasteiger partial charge in [0.05, 0.1) is 7.11 Å². The monoisotopic (exact) mass is 277 g/mol. The molecule has 5 heteroatoms. The molecule has 0 spiro atoms. The average Bonchev–Trinajstić information content (AvgIpc) is 2.38. The van der Waals surface area contributed by atoms with Gasteiger partial charge in [0.1, 0.15) is 22.5 Å². The summed E-state index contributed by atoms with van der Waals surface area (Å²) in [6.45, 7) is 2.58. The van der Waals surface area contributed by atoms with E-state index in [-0.39, 0.29) is 0 Å². The lowest BCUT2D eigenvalue weighted by molar-refractivity contribution is 0.414. The van der Waals surface area contributed by atoms with Gasteiger partial charge in [-0.2, -0.15) is 0 Å². The zero-order chi connectivity index (χ0) is 13.8.